The number of nitrogens with two attached hydrogens (primary N) is 1. The van der Waals surface area contributed by atoms with Crippen LogP contribution in [0.4, 0.5) is 27.6 Å². The molecule has 0 aromatic heterocycles. The van der Waals surface area contributed by atoms with E-state index in [-0.39, 0.29) is 38.3 Å². The van der Waals surface area contributed by atoms with E-state index in [1.807, 2.05) is 0 Å². The fourth-order valence-corrected chi connectivity index (χ4v) is 3.18. The molecule has 2 aromatic carbocycles. The molecule has 0 bridgehead atoms. The zero-order valence-electron chi connectivity index (χ0n) is 13.7. The number of halogens is 7. The number of ether oxygens (including phenoxy) is 1. The average molecular weight is 441 g/mol. The van der Waals surface area contributed by atoms with Crippen LogP contribution in [0.2, 0.25) is 10.0 Å². The molecule has 3 rings (SSSR count). The zero-order chi connectivity index (χ0) is 20.7. The van der Waals surface area contributed by atoms with Gasteiger partial charge in [0.2, 0.25) is 5.60 Å². The molecule has 0 fully saturated rings. The third-order valence-electron chi connectivity index (χ3n) is 3.92. The van der Waals surface area contributed by atoms with Crippen LogP contribution in [0.5, 0.6) is 5.75 Å². The van der Waals surface area contributed by atoms with E-state index in [9.17, 15) is 22.0 Å². The Hall–Kier alpha value is -2.23. The number of nitrogens with one attached hydrogen (secondary N) is 1. The molecular weight excluding hydrogens is 430 g/mol. The van der Waals surface area contributed by atoms with Gasteiger partial charge < -0.3 is 10.5 Å². The van der Waals surface area contributed by atoms with Crippen molar-refractivity contribution >= 4 is 34.6 Å². The van der Waals surface area contributed by atoms with Gasteiger partial charge in [-0.15, -0.1) is 0 Å². The summed E-state index contributed by atoms with van der Waals surface area (Å²) in [7, 11) is 0. The molecule has 0 saturated carbocycles. The summed E-state index contributed by atoms with van der Waals surface area (Å²) in [6, 6.07) is 7.03. The molecule has 4 nitrogen and oxygen atoms in total. The van der Waals surface area contributed by atoms with Gasteiger partial charge >= 0.3 is 12.8 Å². The normalized spacial score (nSPS) is 19.5. The van der Waals surface area contributed by atoms with Gasteiger partial charge in [-0.1, -0.05) is 29.3 Å². The lowest BCUT2D eigenvalue weighted by Gasteiger charge is -2.28. The second kappa shape index (κ2) is 7.31. The Morgan fingerprint density at radius 2 is 1.71 bits per heavy atom. The summed E-state index contributed by atoms with van der Waals surface area (Å²) in [5, 5.41) is -0.0339. The van der Waals surface area contributed by atoms with Crippen LogP contribution in [-0.2, 0) is 10.4 Å². The smallest absolute Gasteiger partial charge is 0.428 e. The van der Waals surface area contributed by atoms with Crippen LogP contribution >= 0.6 is 23.2 Å². The molecule has 2 aromatic rings. The molecule has 1 unspecified atom stereocenters. The van der Waals surface area contributed by atoms with Gasteiger partial charge in [0, 0.05) is 21.2 Å². The van der Waals surface area contributed by atoms with E-state index in [1.54, 1.807) is 0 Å². The van der Waals surface area contributed by atoms with Crippen LogP contribution in [0.3, 0.4) is 0 Å². The summed E-state index contributed by atoms with van der Waals surface area (Å²) >= 11 is 11.7. The van der Waals surface area contributed by atoms with Gasteiger partial charge in [-0.3, -0.25) is 10.3 Å². The van der Waals surface area contributed by atoms with Crippen LogP contribution in [0, 0.1) is 0 Å². The molecule has 0 aliphatic carbocycles. The van der Waals surface area contributed by atoms with Crippen LogP contribution in [0.1, 0.15) is 11.1 Å². The molecule has 150 valence electrons. The van der Waals surface area contributed by atoms with E-state index in [1.165, 1.54) is 18.2 Å². The van der Waals surface area contributed by atoms with Crippen molar-refractivity contribution in [2.45, 2.75) is 18.4 Å². The van der Waals surface area contributed by atoms with Crippen molar-refractivity contribution in [2.75, 3.05) is 5.73 Å². The molecule has 0 radical (unpaired) electrons. The Kier molecular flexibility index (Phi) is 5.35. The second-order valence-electron chi connectivity index (χ2n) is 5.78. The van der Waals surface area contributed by atoms with Gasteiger partial charge in [0.05, 0.1) is 11.4 Å². The summed E-state index contributed by atoms with van der Waals surface area (Å²) < 4.78 is 71.0. The topological polar surface area (TPSA) is 56.5 Å². The Labute approximate surface area is 165 Å². The lowest BCUT2D eigenvalue weighted by atomic mass is 9.91. The van der Waals surface area contributed by atoms with E-state index < -0.39 is 18.4 Å². The van der Waals surface area contributed by atoms with E-state index >= 15 is 0 Å². The van der Waals surface area contributed by atoms with Crippen molar-refractivity contribution in [3.05, 3.63) is 63.6 Å². The number of benzene rings is 2. The maximum Gasteiger partial charge on any atom is 0.428 e. The van der Waals surface area contributed by atoms with Gasteiger partial charge in [0.1, 0.15) is 5.75 Å². The van der Waals surface area contributed by atoms with Crippen molar-refractivity contribution in [3.8, 4) is 5.75 Å². The summed E-state index contributed by atoms with van der Waals surface area (Å²) in [4.78, 5) is 4.91. The third-order valence-corrected chi connectivity index (χ3v) is 4.36. The largest absolute Gasteiger partial charge is 0.433 e. The molecule has 1 aliphatic rings. The van der Waals surface area contributed by atoms with Gasteiger partial charge in [0.15, 0.2) is 0 Å². The number of hydroxylamine groups is 1. The first-order chi connectivity index (χ1) is 13.0. The summed E-state index contributed by atoms with van der Waals surface area (Å²) in [6.07, 6.45) is -4.14. The van der Waals surface area contributed by atoms with Crippen molar-refractivity contribution < 1.29 is 31.5 Å². The lowest BCUT2D eigenvalue weighted by molar-refractivity contribution is -0.269. The van der Waals surface area contributed by atoms with E-state index in [0.29, 0.717) is 0 Å². The number of alkyl halides is 5. The fourth-order valence-electron chi connectivity index (χ4n) is 2.65. The highest BCUT2D eigenvalue weighted by Gasteiger charge is 2.59. The maximum absolute atomic E-state index is 13.9. The van der Waals surface area contributed by atoms with Crippen molar-refractivity contribution in [1.82, 2.24) is 5.48 Å². The number of hydrogen-bond acceptors (Lipinski definition) is 4. The molecule has 11 heteroatoms. The monoisotopic (exact) mass is 440 g/mol. The highest BCUT2D eigenvalue weighted by Crippen LogP contribution is 2.48. The summed E-state index contributed by atoms with van der Waals surface area (Å²) in [5.74, 6) is -0.384. The predicted molar refractivity (Wildman–Crippen MR) is 93.9 cm³/mol. The molecule has 1 atom stereocenters. The fraction of sp³-hybridized carbons (Fsp3) is 0.176. The zero-order valence-corrected chi connectivity index (χ0v) is 15.2. The van der Waals surface area contributed by atoms with E-state index in [4.69, 9.17) is 33.8 Å². The molecule has 0 spiro atoms. The Morgan fingerprint density at radius 1 is 1.07 bits per heavy atom. The number of hydrogen-bond donors (Lipinski definition) is 2. The minimum Gasteiger partial charge on any atom is -0.433 e. The van der Waals surface area contributed by atoms with Crippen LogP contribution in [-0.4, -0.2) is 12.8 Å². The average Bonchev–Trinajstić information content (AvgIpc) is 3.02. The number of nitrogen functional groups attached to an aromatic ring is 1. The SMILES string of the molecule is Nc1ccc(C2=CC(c3cc(Cl)cc(Cl)c3)(C(F)(F)F)ON2)cc1OC(F)F. The highest BCUT2D eigenvalue weighted by atomic mass is 35.5. The lowest BCUT2D eigenvalue weighted by Crippen LogP contribution is -2.42. The van der Waals surface area contributed by atoms with Gasteiger partial charge in [-0.2, -0.15) is 22.0 Å². The third kappa shape index (κ3) is 3.82. The second-order valence-corrected chi connectivity index (χ2v) is 6.66. The van der Waals surface area contributed by atoms with Crippen LogP contribution in [0.25, 0.3) is 5.70 Å². The van der Waals surface area contributed by atoms with Gasteiger partial charge in [-0.25, -0.2) is 0 Å². The highest BCUT2D eigenvalue weighted by molar-refractivity contribution is 6.34. The molecular formula is C17H11Cl2F5N2O2. The Bertz CT molecular complexity index is 916. The van der Waals surface area contributed by atoms with Gasteiger partial charge in [0.25, 0.3) is 0 Å². The first-order valence-electron chi connectivity index (χ1n) is 7.57. The molecule has 1 aliphatic heterocycles. The maximum atomic E-state index is 13.9. The summed E-state index contributed by atoms with van der Waals surface area (Å²) in [6.45, 7) is -3.15. The van der Waals surface area contributed by atoms with Gasteiger partial charge in [-0.05, 0) is 36.4 Å². The minimum absolute atomic E-state index is 0.0170. The van der Waals surface area contributed by atoms with Crippen LogP contribution in [0.15, 0.2) is 42.5 Å². The predicted octanol–water partition coefficient (Wildman–Crippen LogP) is 5.51. The van der Waals surface area contributed by atoms with Crippen LogP contribution < -0.4 is 16.0 Å². The first-order valence-corrected chi connectivity index (χ1v) is 8.32. The molecule has 0 amide bonds. The standard InChI is InChI=1S/C17H11Cl2F5N2O2/c18-10-4-9(5-11(19)6-10)16(17(22,23)24)7-13(26-28-16)8-1-2-12(25)14(3-8)27-15(20)21/h1-7,15,26H,25H2. The first kappa shape index (κ1) is 20.5. The molecule has 3 N–H and O–H groups in total. The Morgan fingerprint density at radius 3 is 2.29 bits per heavy atom. The van der Waals surface area contributed by atoms with Crippen molar-refractivity contribution in [2.24, 2.45) is 0 Å². The minimum atomic E-state index is -4.90. The van der Waals surface area contributed by atoms with E-state index in [2.05, 4.69) is 10.2 Å². The van der Waals surface area contributed by atoms with Crippen molar-refractivity contribution in [1.29, 1.82) is 0 Å². The summed E-state index contributed by atoms with van der Waals surface area (Å²) in [5.41, 5.74) is 4.31. The molecule has 1 heterocycles. The Balaban J connectivity index is 2.10. The number of rotatable bonds is 4. The van der Waals surface area contributed by atoms with Crippen molar-refractivity contribution in [3.63, 3.8) is 0 Å². The number of anilines is 1. The molecule has 0 saturated heterocycles. The quantitative estimate of drug-likeness (QED) is 0.486. The molecule has 28 heavy (non-hydrogen) atoms. The van der Waals surface area contributed by atoms with E-state index in [0.717, 1.165) is 24.3 Å².